The molecule has 0 aromatic heterocycles. The Balaban J connectivity index is 1.45. The number of ether oxygens (including phenoxy) is 2. The van der Waals surface area contributed by atoms with E-state index >= 15 is 0 Å². The molecular formula is C27H22O3. The van der Waals surface area contributed by atoms with Crippen molar-refractivity contribution < 1.29 is 14.3 Å². The zero-order valence-electron chi connectivity index (χ0n) is 16.7. The maximum Gasteiger partial charge on any atom is 0.185 e. The van der Waals surface area contributed by atoms with Crippen LogP contribution in [0.2, 0.25) is 0 Å². The monoisotopic (exact) mass is 394 g/mol. The summed E-state index contributed by atoms with van der Waals surface area (Å²) in [7, 11) is 1.64. The lowest BCUT2D eigenvalue weighted by molar-refractivity contribution is 0.104. The molecule has 4 rings (SSSR count). The van der Waals surface area contributed by atoms with E-state index in [4.69, 9.17) is 9.47 Å². The highest BCUT2D eigenvalue weighted by Gasteiger charge is 2.05. The minimum Gasteiger partial charge on any atom is -0.497 e. The fourth-order valence-corrected chi connectivity index (χ4v) is 3.22. The predicted molar refractivity (Wildman–Crippen MR) is 121 cm³/mol. The number of hydrogen-bond acceptors (Lipinski definition) is 3. The van der Waals surface area contributed by atoms with Gasteiger partial charge in [-0.1, -0.05) is 66.7 Å². The van der Waals surface area contributed by atoms with E-state index in [2.05, 4.69) is 0 Å². The number of fused-ring (bicyclic) bond motifs is 1. The van der Waals surface area contributed by atoms with Crippen molar-refractivity contribution in [1.82, 2.24) is 0 Å². The number of hydrogen-bond donors (Lipinski definition) is 0. The molecule has 0 unspecified atom stereocenters. The third-order valence-electron chi connectivity index (χ3n) is 4.87. The molecule has 4 aromatic rings. The number of carbonyl (C=O) groups excluding carboxylic acids is 1. The molecule has 0 atom stereocenters. The SMILES string of the molecule is COc1ccc2cc(C(=O)/C=C/c3cccc(OCc4ccccc4)c3)ccc2c1. The molecule has 0 amide bonds. The highest BCUT2D eigenvalue weighted by molar-refractivity contribution is 6.08. The maximum absolute atomic E-state index is 12.6. The maximum atomic E-state index is 12.6. The fourth-order valence-electron chi connectivity index (χ4n) is 3.22. The van der Waals surface area contributed by atoms with Crippen LogP contribution in [0.1, 0.15) is 21.5 Å². The number of carbonyl (C=O) groups is 1. The van der Waals surface area contributed by atoms with E-state index in [9.17, 15) is 4.79 Å². The summed E-state index contributed by atoms with van der Waals surface area (Å²) in [5, 5.41) is 2.05. The third-order valence-corrected chi connectivity index (χ3v) is 4.87. The smallest absolute Gasteiger partial charge is 0.185 e. The Bertz CT molecular complexity index is 1190. The minimum atomic E-state index is -0.0386. The second-order valence-electron chi connectivity index (χ2n) is 6.97. The molecular weight excluding hydrogens is 372 g/mol. The van der Waals surface area contributed by atoms with Crippen molar-refractivity contribution in [2.24, 2.45) is 0 Å². The van der Waals surface area contributed by atoms with Gasteiger partial charge in [-0.2, -0.15) is 0 Å². The molecule has 0 heterocycles. The van der Waals surface area contributed by atoms with Crippen molar-refractivity contribution in [1.29, 1.82) is 0 Å². The van der Waals surface area contributed by atoms with Gasteiger partial charge in [0.15, 0.2) is 5.78 Å². The van der Waals surface area contributed by atoms with Gasteiger partial charge in [0.25, 0.3) is 0 Å². The zero-order valence-corrected chi connectivity index (χ0v) is 16.7. The topological polar surface area (TPSA) is 35.5 Å². The number of allylic oxidation sites excluding steroid dienone is 1. The standard InChI is InChI=1S/C27H22O3/c1-29-25-14-13-22-17-24(12-11-23(22)18-25)27(28)15-10-20-8-5-9-26(16-20)30-19-21-6-3-2-4-7-21/h2-18H,19H2,1H3/b15-10+. The molecule has 0 aliphatic carbocycles. The lowest BCUT2D eigenvalue weighted by atomic mass is 10.0. The summed E-state index contributed by atoms with van der Waals surface area (Å²) in [6, 6.07) is 29.3. The largest absolute Gasteiger partial charge is 0.497 e. The molecule has 30 heavy (non-hydrogen) atoms. The van der Waals surface area contributed by atoms with Gasteiger partial charge in [-0.25, -0.2) is 0 Å². The van der Waals surface area contributed by atoms with Crippen LogP contribution >= 0.6 is 0 Å². The van der Waals surface area contributed by atoms with Crippen LogP contribution in [0.15, 0.2) is 97.1 Å². The van der Waals surface area contributed by atoms with Crippen LogP contribution in [0, 0.1) is 0 Å². The summed E-state index contributed by atoms with van der Waals surface area (Å²) in [6.07, 6.45) is 3.41. The van der Waals surface area contributed by atoms with E-state index in [0.717, 1.165) is 33.4 Å². The minimum absolute atomic E-state index is 0.0386. The number of rotatable bonds is 7. The van der Waals surface area contributed by atoms with Crippen LogP contribution in [0.5, 0.6) is 11.5 Å². The average Bonchev–Trinajstić information content (AvgIpc) is 2.81. The van der Waals surface area contributed by atoms with Gasteiger partial charge in [-0.05, 0) is 58.3 Å². The lowest BCUT2D eigenvalue weighted by Crippen LogP contribution is -1.95. The van der Waals surface area contributed by atoms with Gasteiger partial charge in [0.05, 0.1) is 7.11 Å². The van der Waals surface area contributed by atoms with Gasteiger partial charge in [-0.15, -0.1) is 0 Å². The Hall–Kier alpha value is -3.85. The number of ketones is 1. The van der Waals surface area contributed by atoms with E-state index in [1.807, 2.05) is 97.1 Å². The van der Waals surface area contributed by atoms with Crippen LogP contribution in [0.3, 0.4) is 0 Å². The van der Waals surface area contributed by atoms with Gasteiger partial charge in [-0.3, -0.25) is 4.79 Å². The van der Waals surface area contributed by atoms with Gasteiger partial charge >= 0.3 is 0 Å². The summed E-state index contributed by atoms with van der Waals surface area (Å²) >= 11 is 0. The van der Waals surface area contributed by atoms with E-state index in [1.165, 1.54) is 0 Å². The highest BCUT2D eigenvalue weighted by atomic mass is 16.5. The molecule has 0 bridgehead atoms. The Morgan fingerprint density at radius 2 is 1.60 bits per heavy atom. The highest BCUT2D eigenvalue weighted by Crippen LogP contribution is 2.22. The van der Waals surface area contributed by atoms with E-state index in [0.29, 0.717) is 12.2 Å². The van der Waals surface area contributed by atoms with Gasteiger partial charge in [0.2, 0.25) is 0 Å². The molecule has 3 heteroatoms. The summed E-state index contributed by atoms with van der Waals surface area (Å²) in [4.78, 5) is 12.6. The molecule has 0 saturated carbocycles. The number of methoxy groups -OCH3 is 1. The van der Waals surface area contributed by atoms with Crippen LogP contribution in [0.4, 0.5) is 0 Å². The first-order valence-electron chi connectivity index (χ1n) is 9.78. The molecule has 3 nitrogen and oxygen atoms in total. The summed E-state index contributed by atoms with van der Waals surface area (Å²) in [6.45, 7) is 0.509. The third kappa shape index (κ3) is 4.76. The Labute approximate surface area is 176 Å². The first kappa shape index (κ1) is 19.5. The van der Waals surface area contributed by atoms with Gasteiger partial charge in [0.1, 0.15) is 18.1 Å². The molecule has 0 radical (unpaired) electrons. The van der Waals surface area contributed by atoms with Crippen molar-refractivity contribution in [3.63, 3.8) is 0 Å². The van der Waals surface area contributed by atoms with Crippen LogP contribution in [-0.2, 0) is 6.61 Å². The van der Waals surface area contributed by atoms with Crippen molar-refractivity contribution >= 4 is 22.6 Å². The van der Waals surface area contributed by atoms with Crippen LogP contribution < -0.4 is 9.47 Å². The summed E-state index contributed by atoms with van der Waals surface area (Å²) in [5.74, 6) is 1.53. The normalized spacial score (nSPS) is 11.0. The summed E-state index contributed by atoms with van der Waals surface area (Å²) < 4.78 is 11.1. The second kappa shape index (κ2) is 9.10. The molecule has 0 N–H and O–H groups in total. The van der Waals surface area contributed by atoms with Crippen molar-refractivity contribution in [2.75, 3.05) is 7.11 Å². The van der Waals surface area contributed by atoms with Gasteiger partial charge < -0.3 is 9.47 Å². The molecule has 148 valence electrons. The Morgan fingerprint density at radius 1 is 0.800 bits per heavy atom. The van der Waals surface area contributed by atoms with Crippen LogP contribution in [-0.4, -0.2) is 12.9 Å². The lowest BCUT2D eigenvalue weighted by Gasteiger charge is -2.07. The molecule has 0 saturated heterocycles. The van der Waals surface area contributed by atoms with Gasteiger partial charge in [0, 0.05) is 5.56 Å². The van der Waals surface area contributed by atoms with Crippen LogP contribution in [0.25, 0.3) is 16.8 Å². The first-order chi connectivity index (χ1) is 14.7. The molecule has 0 aliphatic heterocycles. The average molecular weight is 394 g/mol. The van der Waals surface area contributed by atoms with Crippen molar-refractivity contribution in [2.45, 2.75) is 6.61 Å². The zero-order chi connectivity index (χ0) is 20.8. The quantitative estimate of drug-likeness (QED) is 0.272. The molecule has 4 aromatic carbocycles. The molecule has 0 aliphatic rings. The molecule has 0 spiro atoms. The number of benzene rings is 4. The molecule has 0 fully saturated rings. The van der Waals surface area contributed by atoms with Crippen molar-refractivity contribution in [3.8, 4) is 11.5 Å². The van der Waals surface area contributed by atoms with Crippen molar-refractivity contribution in [3.05, 3.63) is 114 Å². The Morgan fingerprint density at radius 3 is 2.43 bits per heavy atom. The second-order valence-corrected chi connectivity index (χ2v) is 6.97. The fraction of sp³-hybridized carbons (Fsp3) is 0.0741. The van der Waals surface area contributed by atoms with E-state index in [1.54, 1.807) is 13.2 Å². The summed E-state index contributed by atoms with van der Waals surface area (Å²) in [5.41, 5.74) is 2.68. The van der Waals surface area contributed by atoms with E-state index in [-0.39, 0.29) is 5.78 Å². The predicted octanol–water partition coefficient (Wildman–Crippen LogP) is 6.32. The Kier molecular flexibility index (Phi) is 5.90. The first-order valence-corrected chi connectivity index (χ1v) is 9.78. The van der Waals surface area contributed by atoms with E-state index < -0.39 is 0 Å².